The summed E-state index contributed by atoms with van der Waals surface area (Å²) in [4.78, 5) is 28.6. The standard InChI is InChI=1S/C35H36ClNO5/c1-22-27-15-16-30(23(2)33(27)42-34(39)28(22)20-24-8-4-3-5-9-24)41-21-31(38)37-19-18-35(40)17-7-6-10-29(35)32(37)25-11-13-26(36)14-12-25/h3-5,8-9,11-16,29,32,40H,6-7,10,17-21H2,1-2H3/t29-,32-,35+/m1/s1. The summed E-state index contributed by atoms with van der Waals surface area (Å²) in [5, 5.41) is 13.0. The van der Waals surface area contributed by atoms with Gasteiger partial charge in [-0.1, -0.05) is 66.9 Å². The number of hydrogen-bond acceptors (Lipinski definition) is 5. The summed E-state index contributed by atoms with van der Waals surface area (Å²) >= 11 is 6.18. The van der Waals surface area contributed by atoms with Crippen LogP contribution in [0.5, 0.6) is 5.75 Å². The molecule has 6 rings (SSSR count). The molecule has 6 nitrogen and oxygen atoms in total. The van der Waals surface area contributed by atoms with Crippen LogP contribution >= 0.6 is 11.6 Å². The van der Waals surface area contributed by atoms with E-state index in [0.717, 1.165) is 47.8 Å². The van der Waals surface area contributed by atoms with E-state index < -0.39 is 5.60 Å². The molecule has 42 heavy (non-hydrogen) atoms. The number of benzene rings is 3. The van der Waals surface area contributed by atoms with Crippen LogP contribution in [0.15, 0.2) is 75.9 Å². The molecule has 1 saturated carbocycles. The topological polar surface area (TPSA) is 80.0 Å². The highest BCUT2D eigenvalue weighted by Gasteiger charge is 2.50. The lowest BCUT2D eigenvalue weighted by molar-refractivity contribution is -0.157. The number of likely N-dealkylation sites (tertiary alicyclic amines) is 1. The molecule has 1 amide bonds. The van der Waals surface area contributed by atoms with Gasteiger partial charge in [-0.15, -0.1) is 0 Å². The maximum atomic E-state index is 13.7. The molecule has 218 valence electrons. The number of amides is 1. The van der Waals surface area contributed by atoms with Crippen LogP contribution in [0.25, 0.3) is 11.0 Å². The first-order valence-electron chi connectivity index (χ1n) is 14.7. The van der Waals surface area contributed by atoms with Crippen molar-refractivity contribution in [1.82, 2.24) is 4.90 Å². The van der Waals surface area contributed by atoms with E-state index in [9.17, 15) is 14.7 Å². The van der Waals surface area contributed by atoms with E-state index in [-0.39, 0.29) is 30.1 Å². The lowest BCUT2D eigenvalue weighted by atomic mass is 9.66. The third-order valence-electron chi connectivity index (χ3n) is 9.33. The Morgan fingerprint density at radius 1 is 1.02 bits per heavy atom. The summed E-state index contributed by atoms with van der Waals surface area (Å²) in [6.45, 7) is 4.09. The van der Waals surface area contributed by atoms with Crippen molar-refractivity contribution >= 4 is 28.5 Å². The maximum absolute atomic E-state index is 13.7. The number of fused-ring (bicyclic) bond motifs is 2. The van der Waals surface area contributed by atoms with E-state index in [4.69, 9.17) is 20.8 Å². The van der Waals surface area contributed by atoms with Gasteiger partial charge in [-0.2, -0.15) is 0 Å². The zero-order chi connectivity index (χ0) is 29.4. The van der Waals surface area contributed by atoms with E-state index in [1.54, 1.807) is 0 Å². The first kappa shape index (κ1) is 28.5. The molecule has 4 aromatic rings. The Bertz CT molecular complexity index is 1670. The molecule has 7 heteroatoms. The molecule has 3 atom stereocenters. The monoisotopic (exact) mass is 585 g/mol. The lowest BCUT2D eigenvalue weighted by Crippen LogP contribution is -2.56. The van der Waals surface area contributed by atoms with E-state index in [2.05, 4.69) is 0 Å². The van der Waals surface area contributed by atoms with Crippen LogP contribution in [0.4, 0.5) is 0 Å². The van der Waals surface area contributed by atoms with Gasteiger partial charge in [-0.25, -0.2) is 4.79 Å². The SMILES string of the molecule is Cc1c(Cc2ccccc2)c(=O)oc2c(C)c(OCC(=O)N3CC[C@@]4(O)CCCC[C@@H]4[C@H]3c3ccc(Cl)cc3)ccc12. The Morgan fingerprint density at radius 3 is 2.55 bits per heavy atom. The summed E-state index contributed by atoms with van der Waals surface area (Å²) in [5.41, 5.74) is 3.56. The minimum absolute atomic E-state index is 0.0464. The Morgan fingerprint density at radius 2 is 1.79 bits per heavy atom. The molecule has 1 aromatic heterocycles. The van der Waals surface area contributed by atoms with Crippen molar-refractivity contribution in [2.45, 2.75) is 64.0 Å². The fourth-order valence-corrected chi connectivity index (χ4v) is 7.11. The molecule has 1 N–H and O–H groups in total. The number of rotatable bonds is 6. The summed E-state index contributed by atoms with van der Waals surface area (Å²) in [6, 6.07) is 20.9. The van der Waals surface area contributed by atoms with Crippen molar-refractivity contribution in [3.8, 4) is 5.75 Å². The minimum atomic E-state index is -0.774. The molecule has 2 fully saturated rings. The molecule has 2 heterocycles. The second kappa shape index (κ2) is 11.6. The number of carbonyl (C=O) groups is 1. The third kappa shape index (κ3) is 5.34. The van der Waals surface area contributed by atoms with Gasteiger partial charge in [0.2, 0.25) is 0 Å². The van der Waals surface area contributed by atoms with Crippen molar-refractivity contribution in [2.24, 2.45) is 5.92 Å². The predicted molar refractivity (Wildman–Crippen MR) is 164 cm³/mol. The summed E-state index contributed by atoms with van der Waals surface area (Å²) in [5.74, 6) is 0.316. The van der Waals surface area contributed by atoms with Crippen molar-refractivity contribution in [3.63, 3.8) is 0 Å². The second-order valence-electron chi connectivity index (χ2n) is 11.8. The van der Waals surface area contributed by atoms with Gasteiger partial charge in [-0.05, 0) is 74.1 Å². The molecule has 0 bridgehead atoms. The number of piperidine rings is 1. The summed E-state index contributed by atoms with van der Waals surface area (Å²) < 4.78 is 11.9. The average molecular weight is 586 g/mol. The molecule has 0 unspecified atom stereocenters. The zero-order valence-corrected chi connectivity index (χ0v) is 24.8. The average Bonchev–Trinajstić information content (AvgIpc) is 2.99. The quantitative estimate of drug-likeness (QED) is 0.248. The molecule has 1 aliphatic carbocycles. The van der Waals surface area contributed by atoms with Crippen LogP contribution in [0, 0.1) is 19.8 Å². The lowest BCUT2D eigenvalue weighted by Gasteiger charge is -2.52. The van der Waals surface area contributed by atoms with Gasteiger partial charge in [0.15, 0.2) is 6.61 Å². The first-order chi connectivity index (χ1) is 20.2. The fourth-order valence-electron chi connectivity index (χ4n) is 6.99. The molecular weight excluding hydrogens is 550 g/mol. The van der Waals surface area contributed by atoms with Crippen LogP contribution in [-0.2, 0) is 11.2 Å². The van der Waals surface area contributed by atoms with E-state index in [1.165, 1.54) is 0 Å². The van der Waals surface area contributed by atoms with Crippen LogP contribution in [0.3, 0.4) is 0 Å². The fraction of sp³-hybridized carbons (Fsp3) is 0.371. The molecule has 3 aromatic carbocycles. The van der Waals surface area contributed by atoms with Gasteiger partial charge >= 0.3 is 5.63 Å². The van der Waals surface area contributed by atoms with Crippen molar-refractivity contribution in [3.05, 3.63) is 110 Å². The second-order valence-corrected chi connectivity index (χ2v) is 12.2. The van der Waals surface area contributed by atoms with Gasteiger partial charge in [0, 0.05) is 40.4 Å². The Kier molecular flexibility index (Phi) is 7.86. The van der Waals surface area contributed by atoms with E-state index >= 15 is 0 Å². The predicted octanol–water partition coefficient (Wildman–Crippen LogP) is 6.93. The van der Waals surface area contributed by atoms with Crippen molar-refractivity contribution < 1.29 is 19.1 Å². The highest BCUT2D eigenvalue weighted by molar-refractivity contribution is 6.30. The molecule has 0 spiro atoms. The third-order valence-corrected chi connectivity index (χ3v) is 9.58. The van der Waals surface area contributed by atoms with Gasteiger partial charge in [-0.3, -0.25) is 4.79 Å². The van der Waals surface area contributed by atoms with Gasteiger partial charge < -0.3 is 19.2 Å². The Balaban J connectivity index is 1.25. The molecule has 1 aliphatic heterocycles. The molecule has 0 radical (unpaired) electrons. The summed E-state index contributed by atoms with van der Waals surface area (Å²) in [6.07, 6.45) is 4.71. The number of nitrogens with zero attached hydrogens (tertiary/aromatic N) is 1. The molecule has 2 aliphatic rings. The minimum Gasteiger partial charge on any atom is -0.483 e. The number of aliphatic hydroxyl groups is 1. The number of carbonyl (C=O) groups excluding carboxylic acids is 1. The van der Waals surface area contributed by atoms with Crippen LogP contribution in [0.2, 0.25) is 5.02 Å². The highest BCUT2D eigenvalue weighted by Crippen LogP contribution is 2.49. The zero-order valence-electron chi connectivity index (χ0n) is 24.1. The smallest absolute Gasteiger partial charge is 0.340 e. The highest BCUT2D eigenvalue weighted by atomic mass is 35.5. The number of aryl methyl sites for hydroxylation is 2. The largest absolute Gasteiger partial charge is 0.483 e. The van der Waals surface area contributed by atoms with Crippen LogP contribution in [-0.4, -0.2) is 34.7 Å². The number of halogens is 1. The maximum Gasteiger partial charge on any atom is 0.340 e. The molecule has 1 saturated heterocycles. The van der Waals surface area contributed by atoms with E-state index in [1.807, 2.05) is 85.5 Å². The van der Waals surface area contributed by atoms with Crippen molar-refractivity contribution in [2.75, 3.05) is 13.2 Å². The van der Waals surface area contributed by atoms with Crippen molar-refractivity contribution in [1.29, 1.82) is 0 Å². The Hall–Kier alpha value is -3.61. The Labute approximate surface area is 250 Å². The normalized spacial score (nSPS) is 22.1. The van der Waals surface area contributed by atoms with Gasteiger partial charge in [0.25, 0.3) is 5.91 Å². The number of ether oxygens (including phenoxy) is 1. The van der Waals surface area contributed by atoms with Gasteiger partial charge in [0.1, 0.15) is 11.3 Å². The van der Waals surface area contributed by atoms with Crippen LogP contribution < -0.4 is 10.4 Å². The first-order valence-corrected chi connectivity index (χ1v) is 15.1. The molecular formula is C35H36ClNO5. The van der Waals surface area contributed by atoms with Gasteiger partial charge in [0.05, 0.1) is 11.6 Å². The summed E-state index contributed by atoms with van der Waals surface area (Å²) in [7, 11) is 0. The van der Waals surface area contributed by atoms with Crippen LogP contribution in [0.1, 0.15) is 66.0 Å². The number of hydrogen-bond donors (Lipinski definition) is 1. The van der Waals surface area contributed by atoms with E-state index in [0.29, 0.717) is 46.9 Å².